The molecule has 0 spiro atoms. The molecule has 0 saturated heterocycles. The second-order valence-corrected chi connectivity index (χ2v) is 6.16. The van der Waals surface area contributed by atoms with E-state index >= 15 is 0 Å². The van der Waals surface area contributed by atoms with Crippen LogP contribution in [0.15, 0.2) is 0 Å². The van der Waals surface area contributed by atoms with Gasteiger partial charge in [0.1, 0.15) is 5.82 Å². The molecule has 1 unspecified atom stereocenters. The Morgan fingerprint density at radius 2 is 1.95 bits per heavy atom. The summed E-state index contributed by atoms with van der Waals surface area (Å²) in [4.78, 5) is 18.4. The highest BCUT2D eigenvalue weighted by Gasteiger charge is 2.18. The van der Waals surface area contributed by atoms with Crippen molar-refractivity contribution in [1.82, 2.24) is 25.4 Å². The predicted octanol–water partition coefficient (Wildman–Crippen LogP) is 1.63. The van der Waals surface area contributed by atoms with Gasteiger partial charge in [0.25, 0.3) is 5.91 Å². The van der Waals surface area contributed by atoms with E-state index in [0.717, 1.165) is 12.2 Å². The lowest BCUT2D eigenvalue weighted by Crippen LogP contribution is -2.41. The first kappa shape index (κ1) is 16.6. The molecule has 2 N–H and O–H groups in total. The Bertz CT molecular complexity index is 425. The molecule has 6 nitrogen and oxygen atoms in total. The Morgan fingerprint density at radius 3 is 2.40 bits per heavy atom. The summed E-state index contributed by atoms with van der Waals surface area (Å²) in [5.41, 5.74) is 0. The minimum absolute atomic E-state index is 0.218. The van der Waals surface area contributed by atoms with Gasteiger partial charge in [0.2, 0.25) is 5.82 Å². The van der Waals surface area contributed by atoms with Gasteiger partial charge >= 0.3 is 0 Å². The topological polar surface area (TPSA) is 73.9 Å². The van der Waals surface area contributed by atoms with Crippen molar-refractivity contribution < 1.29 is 4.79 Å². The molecule has 1 aromatic rings. The summed E-state index contributed by atoms with van der Waals surface area (Å²) in [6, 6.07) is 0.322. The largest absolute Gasteiger partial charge is 0.348 e. The molecule has 1 amide bonds. The number of carbonyl (C=O) groups is 1. The quantitative estimate of drug-likeness (QED) is 0.796. The molecular formula is C14H27N5O. The zero-order valence-corrected chi connectivity index (χ0v) is 13.4. The highest BCUT2D eigenvalue weighted by atomic mass is 16.2. The molecule has 0 radical (unpaired) electrons. The van der Waals surface area contributed by atoms with Crippen LogP contribution in [0.1, 0.15) is 56.5 Å². The first-order valence-corrected chi connectivity index (χ1v) is 7.18. The molecule has 6 heteroatoms. The van der Waals surface area contributed by atoms with Crippen molar-refractivity contribution >= 4 is 5.91 Å². The molecule has 0 bridgehead atoms. The zero-order chi connectivity index (χ0) is 15.3. The van der Waals surface area contributed by atoms with E-state index in [-0.39, 0.29) is 17.6 Å². The molecule has 0 fully saturated rings. The number of nitrogens with one attached hydrogen (secondary N) is 2. The standard InChI is InChI=1S/C14H27N5O/c1-9(2)7-11(19(5)6)8-15-14(20)13-16-12(10(3)4)17-18-13/h9-11H,7-8H2,1-6H3,(H,15,20)(H,16,17,18). The summed E-state index contributed by atoms with van der Waals surface area (Å²) in [5.74, 6) is 1.57. The summed E-state index contributed by atoms with van der Waals surface area (Å²) in [5, 5.41) is 9.67. The number of rotatable bonds is 7. The Labute approximate surface area is 121 Å². The third-order valence-electron chi connectivity index (χ3n) is 3.22. The molecule has 1 aromatic heterocycles. The van der Waals surface area contributed by atoms with E-state index in [2.05, 4.69) is 39.2 Å². The maximum Gasteiger partial charge on any atom is 0.291 e. The number of carbonyl (C=O) groups excluding carboxylic acids is 1. The molecular weight excluding hydrogens is 254 g/mol. The van der Waals surface area contributed by atoms with Crippen LogP contribution in [-0.4, -0.2) is 52.7 Å². The van der Waals surface area contributed by atoms with E-state index in [1.807, 2.05) is 27.9 Å². The van der Waals surface area contributed by atoms with Crippen molar-refractivity contribution in [2.45, 2.75) is 46.1 Å². The summed E-state index contributed by atoms with van der Waals surface area (Å²) >= 11 is 0. The van der Waals surface area contributed by atoms with E-state index in [4.69, 9.17) is 0 Å². The summed E-state index contributed by atoms with van der Waals surface area (Å²) < 4.78 is 0. The number of amides is 1. The zero-order valence-electron chi connectivity index (χ0n) is 13.4. The van der Waals surface area contributed by atoms with Crippen LogP contribution < -0.4 is 5.32 Å². The van der Waals surface area contributed by atoms with Crippen LogP contribution in [0.5, 0.6) is 0 Å². The van der Waals surface area contributed by atoms with E-state index in [1.54, 1.807) is 0 Å². The SMILES string of the molecule is CC(C)CC(CNC(=O)c1n[nH]c(C(C)C)n1)N(C)C. The monoisotopic (exact) mass is 281 g/mol. The average Bonchev–Trinajstić information content (AvgIpc) is 2.82. The Morgan fingerprint density at radius 1 is 1.30 bits per heavy atom. The van der Waals surface area contributed by atoms with E-state index in [9.17, 15) is 4.79 Å². The smallest absolute Gasteiger partial charge is 0.291 e. The van der Waals surface area contributed by atoms with Crippen molar-refractivity contribution in [3.8, 4) is 0 Å². The van der Waals surface area contributed by atoms with E-state index in [0.29, 0.717) is 18.5 Å². The average molecular weight is 281 g/mol. The van der Waals surface area contributed by atoms with Crippen LogP contribution in [0.3, 0.4) is 0 Å². The third kappa shape index (κ3) is 4.92. The fraction of sp³-hybridized carbons (Fsp3) is 0.786. The Balaban J connectivity index is 2.56. The Hall–Kier alpha value is -1.43. The van der Waals surface area contributed by atoms with Gasteiger partial charge in [0, 0.05) is 18.5 Å². The number of likely N-dealkylation sites (N-methyl/N-ethyl adjacent to an activating group) is 1. The van der Waals surface area contributed by atoms with Crippen LogP contribution in [-0.2, 0) is 0 Å². The van der Waals surface area contributed by atoms with Crippen LogP contribution in [0, 0.1) is 5.92 Å². The maximum absolute atomic E-state index is 12.0. The second-order valence-electron chi connectivity index (χ2n) is 6.16. The van der Waals surface area contributed by atoms with Crippen LogP contribution >= 0.6 is 0 Å². The van der Waals surface area contributed by atoms with Gasteiger partial charge in [-0.25, -0.2) is 4.98 Å². The number of aromatic amines is 1. The van der Waals surface area contributed by atoms with Crippen LogP contribution in [0.25, 0.3) is 0 Å². The first-order chi connectivity index (χ1) is 9.31. The fourth-order valence-electron chi connectivity index (χ4n) is 1.94. The molecule has 20 heavy (non-hydrogen) atoms. The van der Waals surface area contributed by atoms with Gasteiger partial charge in [-0.05, 0) is 26.4 Å². The van der Waals surface area contributed by atoms with Gasteiger partial charge < -0.3 is 10.2 Å². The van der Waals surface area contributed by atoms with Gasteiger partial charge in [0.15, 0.2) is 0 Å². The molecule has 0 aliphatic carbocycles. The van der Waals surface area contributed by atoms with Crippen molar-refractivity contribution in [1.29, 1.82) is 0 Å². The molecule has 114 valence electrons. The third-order valence-corrected chi connectivity index (χ3v) is 3.22. The number of hydrogen-bond acceptors (Lipinski definition) is 4. The molecule has 0 aromatic carbocycles. The molecule has 1 heterocycles. The highest BCUT2D eigenvalue weighted by molar-refractivity contribution is 5.90. The molecule has 1 rings (SSSR count). The lowest BCUT2D eigenvalue weighted by atomic mass is 10.0. The Kier molecular flexibility index (Phi) is 6.13. The lowest BCUT2D eigenvalue weighted by Gasteiger charge is -2.25. The number of H-pyrrole nitrogens is 1. The molecule has 0 aliphatic rings. The van der Waals surface area contributed by atoms with Crippen molar-refractivity contribution in [3.05, 3.63) is 11.6 Å². The summed E-state index contributed by atoms with van der Waals surface area (Å²) in [6.07, 6.45) is 1.04. The number of hydrogen-bond donors (Lipinski definition) is 2. The van der Waals surface area contributed by atoms with Gasteiger partial charge in [-0.15, -0.1) is 5.10 Å². The van der Waals surface area contributed by atoms with E-state index < -0.39 is 0 Å². The number of aromatic nitrogens is 3. The van der Waals surface area contributed by atoms with Crippen molar-refractivity contribution in [3.63, 3.8) is 0 Å². The fourth-order valence-corrected chi connectivity index (χ4v) is 1.94. The van der Waals surface area contributed by atoms with Gasteiger partial charge in [-0.1, -0.05) is 27.7 Å². The first-order valence-electron chi connectivity index (χ1n) is 7.18. The van der Waals surface area contributed by atoms with Crippen LogP contribution in [0.2, 0.25) is 0 Å². The minimum Gasteiger partial charge on any atom is -0.348 e. The molecule has 0 aliphatic heterocycles. The molecule has 0 saturated carbocycles. The van der Waals surface area contributed by atoms with Crippen LogP contribution in [0.4, 0.5) is 0 Å². The normalized spacial score (nSPS) is 13.2. The second kappa shape index (κ2) is 7.38. The number of nitrogens with zero attached hydrogens (tertiary/aromatic N) is 3. The van der Waals surface area contributed by atoms with Gasteiger partial charge in [-0.2, -0.15) is 0 Å². The van der Waals surface area contributed by atoms with Gasteiger partial charge in [0.05, 0.1) is 0 Å². The summed E-state index contributed by atoms with van der Waals surface area (Å²) in [7, 11) is 4.06. The lowest BCUT2D eigenvalue weighted by molar-refractivity contribution is 0.0928. The highest BCUT2D eigenvalue weighted by Crippen LogP contribution is 2.09. The van der Waals surface area contributed by atoms with Crippen molar-refractivity contribution in [2.75, 3.05) is 20.6 Å². The van der Waals surface area contributed by atoms with Crippen molar-refractivity contribution in [2.24, 2.45) is 5.92 Å². The van der Waals surface area contributed by atoms with E-state index in [1.165, 1.54) is 0 Å². The maximum atomic E-state index is 12.0. The van der Waals surface area contributed by atoms with Gasteiger partial charge in [-0.3, -0.25) is 9.89 Å². The predicted molar refractivity (Wildman–Crippen MR) is 79.7 cm³/mol. The summed E-state index contributed by atoms with van der Waals surface area (Å²) in [6.45, 7) is 8.99. The minimum atomic E-state index is -0.219. The molecule has 1 atom stereocenters.